The summed E-state index contributed by atoms with van der Waals surface area (Å²) < 4.78 is 10.4. The second-order valence-corrected chi connectivity index (χ2v) is 8.76. The van der Waals surface area contributed by atoms with Gasteiger partial charge in [-0.2, -0.15) is 9.98 Å². The van der Waals surface area contributed by atoms with Crippen LogP contribution < -0.4 is 0 Å². The van der Waals surface area contributed by atoms with Crippen LogP contribution in [0.3, 0.4) is 0 Å². The summed E-state index contributed by atoms with van der Waals surface area (Å²) in [4.78, 5) is 62.4. The van der Waals surface area contributed by atoms with Crippen LogP contribution in [-0.2, 0) is 23.9 Å². The van der Waals surface area contributed by atoms with E-state index in [1.54, 1.807) is 46.7 Å². The number of amidine groups is 1. The van der Waals surface area contributed by atoms with Gasteiger partial charge in [0, 0.05) is 46.1 Å². The van der Waals surface area contributed by atoms with Gasteiger partial charge >= 0.3 is 12.0 Å². The normalized spacial score (nSPS) is 19.2. The van der Waals surface area contributed by atoms with Gasteiger partial charge in [-0.05, 0) is 27.7 Å². The maximum absolute atomic E-state index is 13.2. The van der Waals surface area contributed by atoms with Gasteiger partial charge in [0.25, 0.3) is 11.8 Å². The minimum Gasteiger partial charge on any atom is -0.442 e. The molecule has 0 spiro atoms. The lowest BCUT2D eigenvalue weighted by Crippen LogP contribution is -2.52. The van der Waals surface area contributed by atoms with Gasteiger partial charge < -0.3 is 24.2 Å². The molecule has 0 bridgehead atoms. The molecule has 0 aromatic heterocycles. The molecule has 0 aliphatic carbocycles. The van der Waals surface area contributed by atoms with Gasteiger partial charge in [0.15, 0.2) is 6.04 Å². The first kappa shape index (κ1) is 26.0. The van der Waals surface area contributed by atoms with E-state index >= 15 is 0 Å². The molecule has 1 atom stereocenters. The SMILES string of the molecule is CC(=NC(=O)C#CC(C(=O)N1CCOCC1)N1CC/C(=N\C(=O)OC(C)(C)C)C1=O)N(C)C. The second kappa shape index (κ2) is 11.0. The molecule has 2 rings (SSSR count). The Hall–Kier alpha value is -3.26. The van der Waals surface area contributed by atoms with E-state index in [0.717, 1.165) is 0 Å². The molecule has 2 aliphatic heterocycles. The molecule has 2 aliphatic rings. The summed E-state index contributed by atoms with van der Waals surface area (Å²) in [6.45, 7) is 8.30. The second-order valence-electron chi connectivity index (χ2n) is 8.76. The monoisotopic (exact) mass is 461 g/mol. The van der Waals surface area contributed by atoms with Crippen molar-refractivity contribution in [3.63, 3.8) is 0 Å². The fourth-order valence-electron chi connectivity index (χ4n) is 2.98. The summed E-state index contributed by atoms with van der Waals surface area (Å²) in [5, 5.41) is 0. The van der Waals surface area contributed by atoms with Gasteiger partial charge in [0.1, 0.15) is 17.1 Å². The summed E-state index contributed by atoms with van der Waals surface area (Å²) in [6.07, 6.45) is -0.725. The van der Waals surface area contributed by atoms with Crippen molar-refractivity contribution in [1.82, 2.24) is 14.7 Å². The summed E-state index contributed by atoms with van der Waals surface area (Å²) in [5.41, 5.74) is -0.771. The van der Waals surface area contributed by atoms with Crippen LogP contribution in [0.4, 0.5) is 4.79 Å². The van der Waals surface area contributed by atoms with Crippen LogP contribution in [0.1, 0.15) is 34.1 Å². The van der Waals surface area contributed by atoms with Crippen molar-refractivity contribution in [3.05, 3.63) is 0 Å². The predicted molar refractivity (Wildman–Crippen MR) is 121 cm³/mol. The number of carbonyl (C=O) groups is 4. The highest BCUT2D eigenvalue weighted by Gasteiger charge is 2.38. The first-order valence-electron chi connectivity index (χ1n) is 10.6. The Morgan fingerprint density at radius 2 is 1.79 bits per heavy atom. The van der Waals surface area contributed by atoms with Gasteiger partial charge in [-0.3, -0.25) is 14.4 Å². The number of amides is 4. The Morgan fingerprint density at radius 1 is 1.15 bits per heavy atom. The number of morpholine rings is 1. The molecule has 2 heterocycles. The first-order valence-corrected chi connectivity index (χ1v) is 10.6. The van der Waals surface area contributed by atoms with Gasteiger partial charge in [0.2, 0.25) is 0 Å². The molecular weight excluding hydrogens is 430 g/mol. The summed E-state index contributed by atoms with van der Waals surface area (Å²) in [5.74, 6) is 3.70. The number of rotatable bonds is 2. The number of ether oxygens (including phenoxy) is 2. The quantitative estimate of drug-likeness (QED) is 0.330. The summed E-state index contributed by atoms with van der Waals surface area (Å²) in [7, 11) is 3.47. The fraction of sp³-hybridized carbons (Fsp3) is 0.636. The molecule has 2 fully saturated rings. The molecule has 0 aromatic rings. The van der Waals surface area contributed by atoms with E-state index in [9.17, 15) is 19.2 Å². The van der Waals surface area contributed by atoms with Crippen molar-refractivity contribution in [2.75, 3.05) is 46.9 Å². The van der Waals surface area contributed by atoms with Crippen LogP contribution in [0.2, 0.25) is 0 Å². The topological polar surface area (TPSA) is 121 Å². The van der Waals surface area contributed by atoms with E-state index in [2.05, 4.69) is 21.8 Å². The Balaban J connectivity index is 2.29. The number of likely N-dealkylation sites (tertiary alicyclic amines) is 1. The molecule has 11 nitrogen and oxygen atoms in total. The van der Waals surface area contributed by atoms with Crippen LogP contribution in [0.25, 0.3) is 0 Å². The molecule has 11 heteroatoms. The highest BCUT2D eigenvalue weighted by Crippen LogP contribution is 2.16. The van der Waals surface area contributed by atoms with Crippen LogP contribution in [0.5, 0.6) is 0 Å². The highest BCUT2D eigenvalue weighted by atomic mass is 16.6. The predicted octanol–water partition coefficient (Wildman–Crippen LogP) is 0.332. The molecule has 0 radical (unpaired) electrons. The third kappa shape index (κ3) is 7.68. The van der Waals surface area contributed by atoms with Crippen molar-refractivity contribution in [3.8, 4) is 11.8 Å². The van der Waals surface area contributed by atoms with Crippen molar-refractivity contribution in [2.24, 2.45) is 9.98 Å². The molecule has 2 saturated heterocycles. The number of carbonyl (C=O) groups excluding carboxylic acids is 4. The third-order valence-corrected chi connectivity index (χ3v) is 4.81. The van der Waals surface area contributed by atoms with E-state index in [-0.39, 0.29) is 18.7 Å². The number of hydrogen-bond acceptors (Lipinski definition) is 6. The van der Waals surface area contributed by atoms with Crippen molar-refractivity contribution in [1.29, 1.82) is 0 Å². The Kier molecular flexibility index (Phi) is 8.70. The van der Waals surface area contributed by atoms with Crippen LogP contribution in [-0.4, -0.2) is 109 Å². The molecule has 0 N–H and O–H groups in total. The Labute approximate surface area is 193 Å². The minimum atomic E-state index is -1.21. The average molecular weight is 462 g/mol. The lowest BCUT2D eigenvalue weighted by Gasteiger charge is -2.31. The third-order valence-electron chi connectivity index (χ3n) is 4.81. The van der Waals surface area contributed by atoms with E-state index < -0.39 is 35.5 Å². The zero-order valence-electron chi connectivity index (χ0n) is 20.0. The molecule has 0 aromatic carbocycles. The zero-order chi connectivity index (χ0) is 24.8. The van der Waals surface area contributed by atoms with Gasteiger partial charge in [-0.25, -0.2) is 4.79 Å². The highest BCUT2D eigenvalue weighted by molar-refractivity contribution is 6.42. The molecule has 33 heavy (non-hydrogen) atoms. The van der Waals surface area contributed by atoms with E-state index in [1.165, 1.54) is 9.80 Å². The number of aliphatic imine (C=N–C) groups is 2. The molecular formula is C22H31N5O6. The van der Waals surface area contributed by atoms with Gasteiger partial charge in [-0.1, -0.05) is 5.92 Å². The zero-order valence-corrected chi connectivity index (χ0v) is 20.0. The van der Waals surface area contributed by atoms with Crippen LogP contribution in [0, 0.1) is 11.8 Å². The van der Waals surface area contributed by atoms with Crippen molar-refractivity contribution in [2.45, 2.75) is 45.8 Å². The lowest BCUT2D eigenvalue weighted by molar-refractivity contribution is -0.142. The van der Waals surface area contributed by atoms with Gasteiger partial charge in [0.05, 0.1) is 13.2 Å². The Bertz CT molecular complexity index is 916. The first-order chi connectivity index (χ1) is 15.4. The van der Waals surface area contributed by atoms with Crippen molar-refractivity contribution >= 4 is 35.4 Å². The van der Waals surface area contributed by atoms with Crippen LogP contribution in [0.15, 0.2) is 9.98 Å². The number of nitrogens with zero attached hydrogens (tertiary/aromatic N) is 5. The molecule has 4 amide bonds. The molecule has 0 saturated carbocycles. The maximum Gasteiger partial charge on any atom is 0.434 e. The summed E-state index contributed by atoms with van der Waals surface area (Å²) >= 11 is 0. The largest absolute Gasteiger partial charge is 0.442 e. The smallest absolute Gasteiger partial charge is 0.434 e. The standard InChI is InChI=1S/C22H31N5O6/c1-15(25(5)6)23-18(28)8-7-17(20(30)26-11-13-32-14-12-26)27-10-9-16(19(27)29)24-21(31)33-22(2,3)4/h17H,9-14H2,1-6H3/b23-15?,24-16+. The van der Waals surface area contributed by atoms with Gasteiger partial charge in [-0.15, -0.1) is 0 Å². The molecule has 1 unspecified atom stereocenters. The lowest BCUT2D eigenvalue weighted by atomic mass is 10.2. The molecule has 180 valence electrons. The average Bonchev–Trinajstić information content (AvgIpc) is 3.07. The minimum absolute atomic E-state index is 0.0152. The van der Waals surface area contributed by atoms with Crippen LogP contribution >= 0.6 is 0 Å². The van der Waals surface area contributed by atoms with E-state index in [4.69, 9.17) is 9.47 Å². The van der Waals surface area contributed by atoms with Crippen molar-refractivity contribution < 1.29 is 28.7 Å². The summed E-state index contributed by atoms with van der Waals surface area (Å²) in [6, 6.07) is -1.21. The van der Waals surface area contributed by atoms with E-state index in [1.807, 2.05) is 0 Å². The number of hydrogen-bond donors (Lipinski definition) is 0. The van der Waals surface area contributed by atoms with E-state index in [0.29, 0.717) is 32.1 Å². The Morgan fingerprint density at radius 3 is 2.36 bits per heavy atom. The maximum atomic E-state index is 13.2. The fourth-order valence-corrected chi connectivity index (χ4v) is 2.98.